The van der Waals surface area contributed by atoms with Gasteiger partial charge in [0.05, 0.1) is 5.76 Å². The summed E-state index contributed by atoms with van der Waals surface area (Å²) in [6.07, 6.45) is 10.7. The molecule has 193 valence electrons. The summed E-state index contributed by atoms with van der Waals surface area (Å²) < 4.78 is 0. The monoisotopic (exact) mass is 687 g/mol. The molecule has 6 heteroatoms. The van der Waals surface area contributed by atoms with Crippen molar-refractivity contribution >= 4 is 5.78 Å². The normalized spacial score (nSPS) is 13.2. The molecule has 39 heavy (non-hydrogen) atoms. The van der Waals surface area contributed by atoms with Crippen molar-refractivity contribution in [1.29, 1.82) is 0 Å². The molecule has 1 N–H and O–H groups in total. The SMILES string of the molecule is CC(=O)/C=C(/C)O.[Ir].[c-]1cc(-c2ccccc2)cc2c1-c1ncccc1C21c2ccncc2-c2cnccc21. The Morgan fingerprint density at radius 2 is 1.49 bits per heavy atom. The Labute approximate surface area is 240 Å². The third-order valence-electron chi connectivity index (χ3n) is 7.05. The molecule has 1 spiro atoms. The quantitative estimate of drug-likeness (QED) is 0.124. The number of benzene rings is 2. The van der Waals surface area contributed by atoms with Gasteiger partial charge in [0.15, 0.2) is 5.78 Å². The summed E-state index contributed by atoms with van der Waals surface area (Å²) in [7, 11) is 0. The first-order valence-corrected chi connectivity index (χ1v) is 12.4. The summed E-state index contributed by atoms with van der Waals surface area (Å²) in [6.45, 7) is 2.85. The van der Waals surface area contributed by atoms with Crippen LogP contribution in [0.4, 0.5) is 0 Å². The molecule has 2 aliphatic rings. The first kappa shape index (κ1) is 26.4. The van der Waals surface area contributed by atoms with E-state index in [1.54, 1.807) is 0 Å². The van der Waals surface area contributed by atoms with Gasteiger partial charge in [-0.25, -0.2) is 0 Å². The Hall–Kier alpha value is -4.25. The average Bonchev–Trinajstić information content (AvgIpc) is 3.40. The Kier molecular flexibility index (Phi) is 7.09. The molecule has 2 aliphatic carbocycles. The molecule has 5 nitrogen and oxygen atoms in total. The van der Waals surface area contributed by atoms with Gasteiger partial charge in [0.1, 0.15) is 0 Å². The Bertz CT molecular complexity index is 1660. The zero-order valence-corrected chi connectivity index (χ0v) is 23.7. The van der Waals surface area contributed by atoms with Crippen LogP contribution < -0.4 is 0 Å². The largest absolute Gasteiger partial charge is 0.512 e. The van der Waals surface area contributed by atoms with E-state index < -0.39 is 5.41 Å². The number of nitrogens with zero attached hydrogens (tertiary/aromatic N) is 3. The maximum Gasteiger partial charge on any atom is 0.155 e. The molecule has 2 aromatic carbocycles. The molecule has 0 aliphatic heterocycles. The van der Waals surface area contributed by atoms with Crippen LogP contribution in [0.5, 0.6) is 0 Å². The fourth-order valence-corrected chi connectivity index (χ4v) is 5.73. The summed E-state index contributed by atoms with van der Waals surface area (Å²) in [5.41, 5.74) is 11.1. The zero-order valence-electron chi connectivity index (χ0n) is 21.3. The molecule has 3 heterocycles. The topological polar surface area (TPSA) is 76.0 Å². The van der Waals surface area contributed by atoms with Gasteiger partial charge in [-0.1, -0.05) is 53.1 Å². The third kappa shape index (κ3) is 4.22. The molecule has 0 amide bonds. The molecule has 0 saturated heterocycles. The van der Waals surface area contributed by atoms with Gasteiger partial charge in [-0.2, -0.15) is 0 Å². The predicted octanol–water partition coefficient (Wildman–Crippen LogP) is 6.72. The maximum absolute atomic E-state index is 10.0. The number of carbonyl (C=O) groups excluding carboxylic acids is 1. The Morgan fingerprint density at radius 3 is 2.08 bits per heavy atom. The maximum atomic E-state index is 10.0. The van der Waals surface area contributed by atoms with Crippen LogP contribution in [0.1, 0.15) is 36.1 Å². The van der Waals surface area contributed by atoms with E-state index in [1.807, 2.05) is 43.1 Å². The molecular formula is C33H24IrN3O2-. The van der Waals surface area contributed by atoms with Crippen molar-refractivity contribution in [1.82, 2.24) is 15.0 Å². The van der Waals surface area contributed by atoms with Crippen molar-refractivity contribution in [3.8, 4) is 33.5 Å². The summed E-state index contributed by atoms with van der Waals surface area (Å²) in [4.78, 5) is 23.7. The molecule has 0 atom stereocenters. The van der Waals surface area contributed by atoms with Crippen LogP contribution in [0, 0.1) is 6.07 Å². The van der Waals surface area contributed by atoms with Gasteiger partial charge in [0, 0.05) is 73.7 Å². The van der Waals surface area contributed by atoms with Crippen LogP contribution in [0.3, 0.4) is 0 Å². The van der Waals surface area contributed by atoms with E-state index in [-0.39, 0.29) is 31.6 Å². The number of allylic oxidation sites excluding steroid dienone is 2. The van der Waals surface area contributed by atoms with Gasteiger partial charge < -0.3 is 10.1 Å². The first-order valence-electron chi connectivity index (χ1n) is 12.4. The number of aliphatic hydroxyl groups is 1. The van der Waals surface area contributed by atoms with Crippen LogP contribution in [-0.2, 0) is 30.3 Å². The molecule has 1 radical (unpaired) electrons. The second-order valence-corrected chi connectivity index (χ2v) is 9.43. The number of hydrogen-bond donors (Lipinski definition) is 1. The number of fused-ring (bicyclic) bond motifs is 10. The van der Waals surface area contributed by atoms with E-state index in [1.165, 1.54) is 47.7 Å². The van der Waals surface area contributed by atoms with Gasteiger partial charge in [0.2, 0.25) is 0 Å². The average molecular weight is 687 g/mol. The van der Waals surface area contributed by atoms with Gasteiger partial charge in [-0.15, -0.1) is 29.3 Å². The van der Waals surface area contributed by atoms with Crippen molar-refractivity contribution in [2.24, 2.45) is 0 Å². The summed E-state index contributed by atoms with van der Waals surface area (Å²) in [6, 6.07) is 27.0. The van der Waals surface area contributed by atoms with E-state index >= 15 is 0 Å². The van der Waals surface area contributed by atoms with Crippen molar-refractivity contribution in [2.75, 3.05) is 0 Å². The minimum Gasteiger partial charge on any atom is -0.512 e. The van der Waals surface area contributed by atoms with Crippen molar-refractivity contribution < 1.29 is 30.0 Å². The first-order chi connectivity index (χ1) is 18.5. The molecule has 3 aromatic heterocycles. The van der Waals surface area contributed by atoms with Gasteiger partial charge in [-0.3, -0.25) is 14.8 Å². The summed E-state index contributed by atoms with van der Waals surface area (Å²) in [5.74, 6) is -0.0625. The van der Waals surface area contributed by atoms with Crippen molar-refractivity contribution in [3.63, 3.8) is 0 Å². The van der Waals surface area contributed by atoms with Crippen LogP contribution in [0.25, 0.3) is 33.5 Å². The number of carbonyl (C=O) groups is 1. The molecule has 0 unspecified atom stereocenters. The summed E-state index contributed by atoms with van der Waals surface area (Å²) >= 11 is 0. The smallest absolute Gasteiger partial charge is 0.155 e. The van der Waals surface area contributed by atoms with Crippen LogP contribution in [0.15, 0.2) is 110 Å². The number of pyridine rings is 3. The van der Waals surface area contributed by atoms with Crippen LogP contribution >= 0.6 is 0 Å². The van der Waals surface area contributed by atoms with E-state index in [4.69, 9.17) is 10.1 Å². The molecule has 7 rings (SSSR count). The van der Waals surface area contributed by atoms with Crippen molar-refractivity contribution in [2.45, 2.75) is 19.3 Å². The van der Waals surface area contributed by atoms with E-state index in [0.29, 0.717) is 0 Å². The summed E-state index contributed by atoms with van der Waals surface area (Å²) in [5, 5.41) is 8.36. The molecule has 5 aromatic rings. The predicted molar refractivity (Wildman–Crippen MR) is 147 cm³/mol. The number of hydrogen-bond acceptors (Lipinski definition) is 5. The van der Waals surface area contributed by atoms with Crippen LogP contribution in [0.2, 0.25) is 0 Å². The van der Waals surface area contributed by atoms with Gasteiger partial charge >= 0.3 is 0 Å². The molecule has 0 saturated carbocycles. The third-order valence-corrected chi connectivity index (χ3v) is 7.05. The van der Waals surface area contributed by atoms with E-state index in [0.717, 1.165) is 27.9 Å². The Balaban J connectivity index is 0.000000345. The molecular weight excluding hydrogens is 663 g/mol. The minimum atomic E-state index is -0.434. The molecule has 0 fully saturated rings. The minimum absolute atomic E-state index is 0. The fourth-order valence-electron chi connectivity index (χ4n) is 5.73. The van der Waals surface area contributed by atoms with Gasteiger partial charge in [0.25, 0.3) is 0 Å². The Morgan fingerprint density at radius 1 is 0.821 bits per heavy atom. The van der Waals surface area contributed by atoms with Gasteiger partial charge in [-0.05, 0) is 48.9 Å². The number of aromatic nitrogens is 3. The second kappa shape index (κ2) is 10.5. The van der Waals surface area contributed by atoms with E-state index in [2.05, 4.69) is 70.6 Å². The number of ketones is 1. The van der Waals surface area contributed by atoms with E-state index in [9.17, 15) is 4.79 Å². The zero-order chi connectivity index (χ0) is 26.3. The van der Waals surface area contributed by atoms with Crippen LogP contribution in [-0.4, -0.2) is 25.8 Å². The fraction of sp³-hybridized carbons (Fsp3) is 0.0909. The van der Waals surface area contributed by atoms with Crippen molar-refractivity contribution in [3.05, 3.63) is 138 Å². The molecule has 0 bridgehead atoms. The number of aliphatic hydroxyl groups excluding tert-OH is 1. The standard InChI is InChI=1S/C28H16N3.C5H8O2.Ir/c1-2-5-18(6-3-1)19-8-9-20-26(15-19)28(25-7-4-12-31-27(20)25)23-10-13-29-16-21(23)22-17-30-14-11-24(22)28;1-4(6)3-5(2)7;/h1-8,10-17H;3,6H,1-2H3;/q-1;;/b;4-3-;. The second-order valence-electron chi connectivity index (χ2n) is 9.43. The number of rotatable bonds is 2.